The summed E-state index contributed by atoms with van der Waals surface area (Å²) in [4.78, 5) is 44.2. The van der Waals surface area contributed by atoms with Crippen molar-refractivity contribution in [2.45, 2.75) is 0 Å². The van der Waals surface area contributed by atoms with E-state index in [1.54, 1.807) is 18.2 Å². The van der Waals surface area contributed by atoms with E-state index in [1.165, 1.54) is 26.3 Å². The maximum absolute atomic E-state index is 12.1. The molecule has 0 saturated heterocycles. The van der Waals surface area contributed by atoms with Gasteiger partial charge in [0.05, 0.1) is 7.11 Å². The van der Waals surface area contributed by atoms with Gasteiger partial charge in [0.1, 0.15) is 11.3 Å². The molecule has 9 heteroatoms. The number of fused-ring (bicyclic) bond motifs is 1. The number of nitrogens with one attached hydrogen (secondary N) is 2. The summed E-state index contributed by atoms with van der Waals surface area (Å²) in [5, 5.41) is 9.58. The third kappa shape index (κ3) is 2.94. The van der Waals surface area contributed by atoms with Gasteiger partial charge in [-0.05, 0) is 23.8 Å². The Hall–Kier alpha value is -3.62. The minimum Gasteiger partial charge on any atom is -0.504 e. The predicted octanol–water partition coefficient (Wildman–Crippen LogP) is 0.195. The van der Waals surface area contributed by atoms with Gasteiger partial charge in [-0.25, -0.2) is 9.78 Å². The third-order valence-electron chi connectivity index (χ3n) is 3.63. The summed E-state index contributed by atoms with van der Waals surface area (Å²) in [6, 6.07) is 4.66. The van der Waals surface area contributed by atoms with Crippen molar-refractivity contribution in [3.05, 3.63) is 60.6 Å². The van der Waals surface area contributed by atoms with E-state index < -0.39 is 16.8 Å². The Morgan fingerprint density at radius 1 is 1.16 bits per heavy atom. The molecule has 0 aliphatic rings. The normalized spacial score (nSPS) is 11.3. The van der Waals surface area contributed by atoms with Crippen LogP contribution < -0.4 is 21.5 Å². The lowest BCUT2D eigenvalue weighted by molar-refractivity contribution is 0.373. The van der Waals surface area contributed by atoms with Crippen LogP contribution in [0.15, 0.2) is 32.6 Å². The van der Waals surface area contributed by atoms with Gasteiger partial charge in [-0.15, -0.1) is 0 Å². The van der Waals surface area contributed by atoms with E-state index in [4.69, 9.17) is 4.74 Å². The number of phenols is 1. The molecular weight excluding hydrogens is 328 g/mol. The topological polar surface area (TPSA) is 130 Å². The van der Waals surface area contributed by atoms with Crippen molar-refractivity contribution < 1.29 is 9.84 Å². The van der Waals surface area contributed by atoms with Crippen LogP contribution in [0.3, 0.4) is 0 Å². The van der Waals surface area contributed by atoms with Crippen molar-refractivity contribution in [1.82, 2.24) is 19.5 Å². The molecule has 3 rings (SSSR count). The van der Waals surface area contributed by atoms with Gasteiger partial charge in [-0.3, -0.25) is 19.1 Å². The summed E-state index contributed by atoms with van der Waals surface area (Å²) < 4.78 is 6.11. The average Bonchev–Trinajstić information content (AvgIpc) is 2.59. The molecule has 2 heterocycles. The number of aromatic amines is 2. The highest BCUT2D eigenvalue weighted by atomic mass is 16.5. The molecule has 128 valence electrons. The molecule has 0 bridgehead atoms. The molecule has 9 nitrogen and oxygen atoms in total. The standard InChI is InChI=1S/C16H14N4O5/c1-20-13-12(15(23)19-16(20)24)17-9(14(22)18-13)5-3-8-4-6-10(21)11(7-8)25-2/h3-7,21H,1-2H3,(H,18,22)(H,19,23,24)/b5-3+. The van der Waals surface area contributed by atoms with Gasteiger partial charge in [0.15, 0.2) is 17.0 Å². The zero-order valence-electron chi connectivity index (χ0n) is 13.4. The van der Waals surface area contributed by atoms with E-state index in [9.17, 15) is 19.5 Å². The number of hydrogen-bond acceptors (Lipinski definition) is 6. The largest absolute Gasteiger partial charge is 0.504 e. The Morgan fingerprint density at radius 3 is 2.64 bits per heavy atom. The van der Waals surface area contributed by atoms with E-state index in [1.807, 2.05) is 0 Å². The Morgan fingerprint density at radius 2 is 1.92 bits per heavy atom. The molecule has 0 atom stereocenters. The lowest BCUT2D eigenvalue weighted by atomic mass is 10.2. The number of ether oxygens (including phenoxy) is 1. The minimum absolute atomic E-state index is 0.00342. The number of benzene rings is 1. The van der Waals surface area contributed by atoms with Crippen LogP contribution in [-0.4, -0.2) is 31.7 Å². The molecule has 0 aliphatic heterocycles. The van der Waals surface area contributed by atoms with Crippen LogP contribution in [-0.2, 0) is 7.05 Å². The van der Waals surface area contributed by atoms with Gasteiger partial charge in [0.2, 0.25) is 0 Å². The maximum atomic E-state index is 12.1. The van der Waals surface area contributed by atoms with Gasteiger partial charge >= 0.3 is 5.69 Å². The molecule has 0 radical (unpaired) electrons. The molecule has 0 fully saturated rings. The Labute approximate surface area is 139 Å². The second-order valence-electron chi connectivity index (χ2n) is 5.23. The lowest BCUT2D eigenvalue weighted by Gasteiger charge is -2.04. The predicted molar refractivity (Wildman–Crippen MR) is 91.8 cm³/mol. The van der Waals surface area contributed by atoms with Gasteiger partial charge in [0.25, 0.3) is 11.1 Å². The summed E-state index contributed by atoms with van der Waals surface area (Å²) in [5.74, 6) is 0.280. The fourth-order valence-electron chi connectivity index (χ4n) is 2.28. The number of hydrogen-bond donors (Lipinski definition) is 3. The molecule has 3 N–H and O–H groups in total. The van der Waals surface area contributed by atoms with Crippen molar-refractivity contribution in [3.8, 4) is 11.5 Å². The molecule has 0 saturated carbocycles. The van der Waals surface area contributed by atoms with Crippen molar-refractivity contribution in [2.24, 2.45) is 7.05 Å². The van der Waals surface area contributed by atoms with E-state index in [2.05, 4.69) is 15.0 Å². The molecular formula is C16H14N4O5. The number of nitrogens with zero attached hydrogens (tertiary/aromatic N) is 2. The Balaban J connectivity index is 2.11. The zero-order valence-corrected chi connectivity index (χ0v) is 13.4. The number of aromatic hydroxyl groups is 1. The molecule has 0 spiro atoms. The molecule has 0 amide bonds. The first-order valence-electron chi connectivity index (χ1n) is 7.19. The van der Waals surface area contributed by atoms with Gasteiger partial charge < -0.3 is 14.8 Å². The number of aryl methyl sites for hydroxylation is 1. The Kier molecular flexibility index (Phi) is 3.97. The van der Waals surface area contributed by atoms with Gasteiger partial charge in [0, 0.05) is 7.05 Å². The number of aromatic nitrogens is 4. The quantitative estimate of drug-likeness (QED) is 0.623. The van der Waals surface area contributed by atoms with E-state index in [-0.39, 0.29) is 28.4 Å². The minimum atomic E-state index is -0.685. The number of rotatable bonds is 3. The second kappa shape index (κ2) is 6.11. The first-order chi connectivity index (χ1) is 11.9. The molecule has 0 unspecified atom stereocenters. The van der Waals surface area contributed by atoms with Crippen LogP contribution in [0.5, 0.6) is 11.5 Å². The fourth-order valence-corrected chi connectivity index (χ4v) is 2.28. The number of methoxy groups -OCH3 is 1. The highest BCUT2D eigenvalue weighted by molar-refractivity contribution is 5.74. The number of phenolic OH excluding ortho intramolecular Hbond substituents is 1. The van der Waals surface area contributed by atoms with E-state index in [0.29, 0.717) is 5.56 Å². The summed E-state index contributed by atoms with van der Waals surface area (Å²) in [6.07, 6.45) is 3.01. The smallest absolute Gasteiger partial charge is 0.329 e. The van der Waals surface area contributed by atoms with Crippen LogP contribution in [0.4, 0.5) is 0 Å². The van der Waals surface area contributed by atoms with Crippen LogP contribution in [0.2, 0.25) is 0 Å². The molecule has 2 aromatic heterocycles. The highest BCUT2D eigenvalue weighted by Gasteiger charge is 2.10. The summed E-state index contributed by atoms with van der Waals surface area (Å²) >= 11 is 0. The SMILES string of the molecule is COc1cc(/C=C/c2nc3c(=O)[nH]c(=O)n(C)c3[nH]c2=O)ccc1O. The summed E-state index contributed by atoms with van der Waals surface area (Å²) in [5.41, 5.74) is -1.22. The highest BCUT2D eigenvalue weighted by Crippen LogP contribution is 2.26. The molecule has 3 aromatic rings. The zero-order chi connectivity index (χ0) is 18.1. The Bertz CT molecular complexity index is 1170. The van der Waals surface area contributed by atoms with Crippen molar-refractivity contribution in [1.29, 1.82) is 0 Å². The monoisotopic (exact) mass is 342 g/mol. The van der Waals surface area contributed by atoms with Gasteiger partial charge in [-0.2, -0.15) is 0 Å². The van der Waals surface area contributed by atoms with Crippen molar-refractivity contribution in [3.63, 3.8) is 0 Å². The van der Waals surface area contributed by atoms with Gasteiger partial charge in [-0.1, -0.05) is 12.1 Å². The summed E-state index contributed by atoms with van der Waals surface area (Å²) in [7, 11) is 2.84. The average molecular weight is 342 g/mol. The van der Waals surface area contributed by atoms with Crippen molar-refractivity contribution >= 4 is 23.3 Å². The van der Waals surface area contributed by atoms with Crippen LogP contribution in [0, 0.1) is 0 Å². The molecule has 1 aromatic carbocycles. The van der Waals surface area contributed by atoms with Crippen molar-refractivity contribution in [2.75, 3.05) is 7.11 Å². The van der Waals surface area contributed by atoms with Crippen LogP contribution >= 0.6 is 0 Å². The summed E-state index contributed by atoms with van der Waals surface area (Å²) in [6.45, 7) is 0. The molecule has 0 aliphatic carbocycles. The first-order valence-corrected chi connectivity index (χ1v) is 7.19. The maximum Gasteiger partial charge on any atom is 0.329 e. The molecule has 25 heavy (non-hydrogen) atoms. The fraction of sp³-hybridized carbons (Fsp3) is 0.125. The lowest BCUT2D eigenvalue weighted by Crippen LogP contribution is -2.31. The van der Waals surface area contributed by atoms with Crippen LogP contribution in [0.1, 0.15) is 11.3 Å². The van der Waals surface area contributed by atoms with Crippen LogP contribution in [0.25, 0.3) is 23.3 Å². The second-order valence-corrected chi connectivity index (χ2v) is 5.23. The third-order valence-corrected chi connectivity index (χ3v) is 3.63. The van der Waals surface area contributed by atoms with E-state index >= 15 is 0 Å². The number of H-pyrrole nitrogens is 2. The first kappa shape index (κ1) is 16.2. The van der Waals surface area contributed by atoms with E-state index in [0.717, 1.165) is 4.57 Å².